The Hall–Kier alpha value is -3.22. The van der Waals surface area contributed by atoms with Crippen LogP contribution in [0.3, 0.4) is 0 Å². The Bertz CT molecular complexity index is 950. The van der Waals surface area contributed by atoms with E-state index < -0.39 is 10.8 Å². The van der Waals surface area contributed by atoms with Gasteiger partial charge in [0.2, 0.25) is 5.91 Å². The number of nitro benzene ring substituents is 1. The fraction of sp³-hybridized carbons (Fsp3) is 0.333. The minimum absolute atomic E-state index is 0.106. The molecular formula is C21H21N3O4. The standard InChI is InChI=1S/C21H21N3O4/c25-20(16-6-3-7-18(12-16)24(27)28)22-17-9-8-14-10-11-23(19(14)13-17)21(26)15-4-1-2-5-15/h3,6-9,12-13,15H,1-2,4-5,10-11H2,(H,22,25). The molecular weight excluding hydrogens is 358 g/mol. The van der Waals surface area contributed by atoms with Gasteiger partial charge in [0.15, 0.2) is 0 Å². The first kappa shape index (κ1) is 18.2. The molecule has 0 atom stereocenters. The third-order valence-corrected chi connectivity index (χ3v) is 5.53. The van der Waals surface area contributed by atoms with Gasteiger partial charge in [-0.25, -0.2) is 0 Å². The number of nitrogens with zero attached hydrogens (tertiary/aromatic N) is 2. The molecule has 2 aromatic carbocycles. The van der Waals surface area contributed by atoms with Crippen molar-refractivity contribution >= 4 is 28.9 Å². The molecule has 0 saturated heterocycles. The van der Waals surface area contributed by atoms with E-state index >= 15 is 0 Å². The van der Waals surface area contributed by atoms with E-state index in [-0.39, 0.29) is 23.1 Å². The van der Waals surface area contributed by atoms with Crippen molar-refractivity contribution in [3.05, 3.63) is 63.7 Å². The highest BCUT2D eigenvalue weighted by Gasteiger charge is 2.32. The molecule has 1 saturated carbocycles. The summed E-state index contributed by atoms with van der Waals surface area (Å²) in [7, 11) is 0. The summed E-state index contributed by atoms with van der Waals surface area (Å²) < 4.78 is 0. The van der Waals surface area contributed by atoms with Crippen molar-refractivity contribution in [1.29, 1.82) is 0 Å². The van der Waals surface area contributed by atoms with Crippen LogP contribution in [0.5, 0.6) is 0 Å². The zero-order valence-electron chi connectivity index (χ0n) is 15.4. The van der Waals surface area contributed by atoms with Crippen molar-refractivity contribution in [2.24, 2.45) is 5.92 Å². The van der Waals surface area contributed by atoms with Crippen molar-refractivity contribution in [2.45, 2.75) is 32.1 Å². The van der Waals surface area contributed by atoms with Crippen LogP contribution in [0.4, 0.5) is 17.1 Å². The van der Waals surface area contributed by atoms with Gasteiger partial charge in [-0.3, -0.25) is 19.7 Å². The number of carbonyl (C=O) groups excluding carboxylic acids is 2. The Morgan fingerprint density at radius 3 is 2.64 bits per heavy atom. The summed E-state index contributed by atoms with van der Waals surface area (Å²) in [6, 6.07) is 11.2. The molecule has 1 N–H and O–H groups in total. The molecule has 2 aliphatic rings. The summed E-state index contributed by atoms with van der Waals surface area (Å²) in [6.45, 7) is 0.674. The Morgan fingerprint density at radius 2 is 1.89 bits per heavy atom. The molecule has 28 heavy (non-hydrogen) atoms. The second-order valence-corrected chi connectivity index (χ2v) is 7.33. The largest absolute Gasteiger partial charge is 0.322 e. The van der Waals surface area contributed by atoms with E-state index in [9.17, 15) is 19.7 Å². The molecule has 1 fully saturated rings. The Labute approximate surface area is 162 Å². The highest BCUT2D eigenvalue weighted by atomic mass is 16.6. The lowest BCUT2D eigenvalue weighted by atomic mass is 10.1. The van der Waals surface area contributed by atoms with Crippen molar-refractivity contribution in [3.63, 3.8) is 0 Å². The van der Waals surface area contributed by atoms with E-state index in [1.54, 1.807) is 6.07 Å². The SMILES string of the molecule is O=C(Nc1ccc2c(c1)N(C(=O)C1CCCC1)CC2)c1cccc([N+](=O)[O-])c1. The fourth-order valence-electron chi connectivity index (χ4n) is 4.04. The summed E-state index contributed by atoms with van der Waals surface area (Å²) in [6.07, 6.45) is 4.93. The molecule has 1 aliphatic heterocycles. The highest BCUT2D eigenvalue weighted by molar-refractivity contribution is 6.05. The molecule has 0 bridgehead atoms. The van der Waals surface area contributed by atoms with Gasteiger partial charge in [-0.15, -0.1) is 0 Å². The number of hydrogen-bond acceptors (Lipinski definition) is 4. The van der Waals surface area contributed by atoms with E-state index in [4.69, 9.17) is 0 Å². The lowest BCUT2D eigenvalue weighted by molar-refractivity contribution is -0.384. The molecule has 1 heterocycles. The van der Waals surface area contributed by atoms with Crippen LogP contribution in [-0.4, -0.2) is 23.3 Å². The number of rotatable bonds is 4. The second-order valence-electron chi connectivity index (χ2n) is 7.33. The molecule has 0 radical (unpaired) electrons. The van der Waals surface area contributed by atoms with E-state index in [0.717, 1.165) is 43.4 Å². The van der Waals surface area contributed by atoms with Crippen molar-refractivity contribution in [1.82, 2.24) is 0 Å². The molecule has 0 spiro atoms. The maximum Gasteiger partial charge on any atom is 0.270 e. The number of non-ortho nitro benzene ring substituents is 1. The topological polar surface area (TPSA) is 92.6 Å². The minimum atomic E-state index is -0.529. The van der Waals surface area contributed by atoms with Crippen LogP contribution in [0.15, 0.2) is 42.5 Å². The normalized spacial score (nSPS) is 16.1. The van der Waals surface area contributed by atoms with E-state index in [1.807, 2.05) is 17.0 Å². The predicted octanol–water partition coefficient (Wildman–Crippen LogP) is 3.93. The Morgan fingerprint density at radius 1 is 1.11 bits per heavy atom. The van der Waals surface area contributed by atoms with Gasteiger partial charge in [-0.05, 0) is 43.0 Å². The summed E-state index contributed by atoms with van der Waals surface area (Å²) in [5.41, 5.74) is 2.61. The zero-order valence-corrected chi connectivity index (χ0v) is 15.4. The number of amides is 2. The monoisotopic (exact) mass is 379 g/mol. The first-order valence-electron chi connectivity index (χ1n) is 9.53. The average molecular weight is 379 g/mol. The molecule has 0 unspecified atom stereocenters. The van der Waals surface area contributed by atoms with Gasteiger partial charge >= 0.3 is 0 Å². The summed E-state index contributed by atoms with van der Waals surface area (Å²) in [5.74, 6) is -0.136. The number of benzene rings is 2. The van der Waals surface area contributed by atoms with E-state index in [2.05, 4.69) is 5.32 Å². The van der Waals surface area contributed by atoms with Gasteiger partial charge in [-0.1, -0.05) is 25.0 Å². The fourth-order valence-corrected chi connectivity index (χ4v) is 4.04. The zero-order chi connectivity index (χ0) is 19.7. The number of nitrogens with one attached hydrogen (secondary N) is 1. The number of nitro groups is 1. The summed E-state index contributed by atoms with van der Waals surface area (Å²) in [4.78, 5) is 37.6. The van der Waals surface area contributed by atoms with Crippen LogP contribution in [0.2, 0.25) is 0 Å². The van der Waals surface area contributed by atoms with Crippen LogP contribution in [0.1, 0.15) is 41.6 Å². The molecule has 2 amide bonds. The third-order valence-electron chi connectivity index (χ3n) is 5.53. The molecule has 7 nitrogen and oxygen atoms in total. The summed E-state index contributed by atoms with van der Waals surface area (Å²) >= 11 is 0. The number of hydrogen-bond donors (Lipinski definition) is 1. The Balaban J connectivity index is 1.53. The lowest BCUT2D eigenvalue weighted by Crippen LogP contribution is -2.33. The minimum Gasteiger partial charge on any atom is -0.322 e. The highest BCUT2D eigenvalue weighted by Crippen LogP contribution is 2.35. The molecule has 144 valence electrons. The van der Waals surface area contributed by atoms with E-state index in [1.165, 1.54) is 24.3 Å². The number of fused-ring (bicyclic) bond motifs is 1. The van der Waals surface area contributed by atoms with Crippen LogP contribution >= 0.6 is 0 Å². The quantitative estimate of drug-likeness (QED) is 0.643. The van der Waals surface area contributed by atoms with Crippen molar-refractivity contribution < 1.29 is 14.5 Å². The van der Waals surface area contributed by atoms with Gasteiger partial charge in [0.1, 0.15) is 0 Å². The Kier molecular flexibility index (Phi) is 4.81. The van der Waals surface area contributed by atoms with E-state index in [0.29, 0.717) is 12.2 Å². The predicted molar refractivity (Wildman–Crippen MR) is 106 cm³/mol. The smallest absolute Gasteiger partial charge is 0.270 e. The van der Waals surface area contributed by atoms with Gasteiger partial charge in [-0.2, -0.15) is 0 Å². The van der Waals surface area contributed by atoms with Gasteiger partial charge < -0.3 is 10.2 Å². The average Bonchev–Trinajstić information content (AvgIpc) is 3.37. The van der Waals surface area contributed by atoms with Crippen LogP contribution < -0.4 is 10.2 Å². The van der Waals surface area contributed by atoms with Gasteiger partial charge in [0.05, 0.1) is 4.92 Å². The second kappa shape index (κ2) is 7.42. The third kappa shape index (κ3) is 3.47. The first-order chi connectivity index (χ1) is 13.5. The van der Waals surface area contributed by atoms with Gasteiger partial charge in [0.25, 0.3) is 11.6 Å². The molecule has 0 aromatic heterocycles. The molecule has 4 rings (SSSR count). The number of anilines is 2. The van der Waals surface area contributed by atoms with Crippen LogP contribution in [0, 0.1) is 16.0 Å². The van der Waals surface area contributed by atoms with Gasteiger partial charge in [0, 0.05) is 41.5 Å². The number of carbonyl (C=O) groups is 2. The van der Waals surface area contributed by atoms with Crippen LogP contribution in [0.25, 0.3) is 0 Å². The van der Waals surface area contributed by atoms with Crippen molar-refractivity contribution in [2.75, 3.05) is 16.8 Å². The first-order valence-corrected chi connectivity index (χ1v) is 9.53. The van der Waals surface area contributed by atoms with Crippen molar-refractivity contribution in [3.8, 4) is 0 Å². The molecule has 7 heteroatoms. The maximum atomic E-state index is 12.8. The molecule has 1 aliphatic carbocycles. The maximum absolute atomic E-state index is 12.8. The lowest BCUT2D eigenvalue weighted by Gasteiger charge is -2.21. The van der Waals surface area contributed by atoms with Crippen LogP contribution in [-0.2, 0) is 11.2 Å². The summed E-state index contributed by atoms with van der Waals surface area (Å²) in [5, 5.41) is 13.7. The molecule has 2 aromatic rings.